The molecule has 2 N–H and O–H groups in total. The van der Waals surface area contributed by atoms with Crippen molar-refractivity contribution in [2.45, 2.75) is 81.5 Å². The summed E-state index contributed by atoms with van der Waals surface area (Å²) in [5, 5.41) is 0. The van der Waals surface area contributed by atoms with Gasteiger partial charge in [0.15, 0.2) is 0 Å². The maximum absolute atomic E-state index is 13.9. The summed E-state index contributed by atoms with van der Waals surface area (Å²) in [5.74, 6) is 1.47. The molecule has 6 rings (SSSR count). The maximum Gasteiger partial charge on any atom is 0.404 e. The topological polar surface area (TPSA) is 110 Å². The van der Waals surface area contributed by atoms with E-state index in [-0.39, 0.29) is 36.4 Å². The second-order valence-electron chi connectivity index (χ2n) is 10.5. The van der Waals surface area contributed by atoms with Crippen molar-refractivity contribution in [1.82, 2.24) is 24.8 Å². The molecule has 1 amide bonds. The van der Waals surface area contributed by atoms with Gasteiger partial charge in [-0.05, 0) is 45.1 Å². The molecule has 12 heteroatoms. The lowest BCUT2D eigenvalue weighted by molar-refractivity contribution is -0.177. The van der Waals surface area contributed by atoms with Gasteiger partial charge < -0.3 is 10.5 Å². The summed E-state index contributed by atoms with van der Waals surface area (Å²) in [6, 6.07) is -1.53. The summed E-state index contributed by atoms with van der Waals surface area (Å²) in [5.41, 5.74) is 6.67. The molecule has 198 valence electrons. The molecule has 9 nitrogen and oxygen atoms in total. The molecule has 0 radical (unpaired) electrons. The van der Waals surface area contributed by atoms with E-state index in [2.05, 4.69) is 19.9 Å². The van der Waals surface area contributed by atoms with Gasteiger partial charge in [0.1, 0.15) is 29.3 Å². The number of nitrogen functional groups attached to an aromatic ring is 1. The van der Waals surface area contributed by atoms with Crippen molar-refractivity contribution in [2.75, 3.05) is 30.4 Å². The van der Waals surface area contributed by atoms with Crippen LogP contribution in [-0.2, 0) is 21.5 Å². The molecule has 0 unspecified atom stereocenters. The second-order valence-corrected chi connectivity index (χ2v) is 10.5. The molecule has 2 aromatic rings. The summed E-state index contributed by atoms with van der Waals surface area (Å²) < 4.78 is 46.0. The fourth-order valence-corrected chi connectivity index (χ4v) is 6.48. The number of likely N-dealkylation sites (tertiary alicyclic amines) is 1. The molecule has 5 heterocycles. The summed E-state index contributed by atoms with van der Waals surface area (Å²) in [7, 11) is 0. The minimum atomic E-state index is -4.32. The number of rotatable bonds is 4. The Bertz CT molecular complexity index is 1180. The quantitative estimate of drug-likeness (QED) is 0.653. The number of nitrogens with zero attached hydrogens (tertiary/aromatic N) is 6. The third-order valence-electron chi connectivity index (χ3n) is 8.31. The van der Waals surface area contributed by atoms with Crippen LogP contribution in [0.3, 0.4) is 0 Å². The van der Waals surface area contributed by atoms with Crippen molar-refractivity contribution in [3.05, 3.63) is 29.6 Å². The van der Waals surface area contributed by atoms with Crippen LogP contribution in [0, 0.1) is 0 Å². The number of aromatic nitrogens is 4. The molecular weight excluding hydrogens is 487 g/mol. The highest BCUT2D eigenvalue weighted by molar-refractivity contribution is 6.13. The zero-order chi connectivity index (χ0) is 25.8. The van der Waals surface area contributed by atoms with Crippen LogP contribution < -0.4 is 10.6 Å². The van der Waals surface area contributed by atoms with Crippen LogP contribution in [0.4, 0.5) is 30.5 Å². The number of nitrogens with two attached hydrogens (primary N) is 1. The van der Waals surface area contributed by atoms with Crippen molar-refractivity contribution in [2.24, 2.45) is 0 Å². The van der Waals surface area contributed by atoms with Gasteiger partial charge in [-0.2, -0.15) is 13.2 Å². The zero-order valence-electron chi connectivity index (χ0n) is 20.5. The SMILES string of the molecule is Nc1nc(CN2CCC[C@@H]2C(F)(F)F)nc2c1C1(CCCC1)C(=O)N2c1cnc(C2CCOCC2)nc1. The van der Waals surface area contributed by atoms with E-state index in [1.54, 1.807) is 12.4 Å². The molecule has 1 atom stereocenters. The van der Waals surface area contributed by atoms with E-state index < -0.39 is 17.6 Å². The first kappa shape index (κ1) is 24.5. The highest BCUT2D eigenvalue weighted by atomic mass is 19.4. The van der Waals surface area contributed by atoms with Crippen LogP contribution in [0.25, 0.3) is 0 Å². The van der Waals surface area contributed by atoms with Gasteiger partial charge in [0.2, 0.25) is 5.91 Å². The van der Waals surface area contributed by atoms with E-state index in [0.717, 1.165) is 25.7 Å². The van der Waals surface area contributed by atoms with E-state index in [0.29, 0.717) is 61.9 Å². The van der Waals surface area contributed by atoms with E-state index >= 15 is 0 Å². The Balaban J connectivity index is 1.36. The van der Waals surface area contributed by atoms with E-state index in [1.165, 1.54) is 9.80 Å². The van der Waals surface area contributed by atoms with E-state index in [9.17, 15) is 18.0 Å². The number of carbonyl (C=O) groups excluding carboxylic acids is 1. The van der Waals surface area contributed by atoms with Crippen LogP contribution in [-0.4, -0.2) is 62.7 Å². The van der Waals surface area contributed by atoms with Gasteiger partial charge in [-0.1, -0.05) is 12.8 Å². The molecule has 1 aliphatic carbocycles. The smallest absolute Gasteiger partial charge is 0.383 e. The first-order chi connectivity index (χ1) is 17.8. The molecule has 2 aromatic heterocycles. The molecule has 3 fully saturated rings. The van der Waals surface area contributed by atoms with E-state index in [1.807, 2.05) is 0 Å². The second kappa shape index (κ2) is 9.16. The van der Waals surface area contributed by atoms with Gasteiger partial charge in [-0.15, -0.1) is 0 Å². The number of hydrogen-bond donors (Lipinski definition) is 1. The number of ether oxygens (including phenoxy) is 1. The van der Waals surface area contributed by atoms with Crippen molar-refractivity contribution >= 4 is 23.2 Å². The van der Waals surface area contributed by atoms with Gasteiger partial charge in [0, 0.05) is 19.1 Å². The Morgan fingerprint density at radius 3 is 2.43 bits per heavy atom. The predicted molar refractivity (Wildman–Crippen MR) is 128 cm³/mol. The first-order valence-electron chi connectivity index (χ1n) is 13.0. The van der Waals surface area contributed by atoms with Gasteiger partial charge in [0.05, 0.1) is 35.6 Å². The van der Waals surface area contributed by atoms with Crippen LogP contribution in [0.1, 0.15) is 74.5 Å². The molecule has 4 aliphatic rings. The molecule has 0 bridgehead atoms. The van der Waals surface area contributed by atoms with Crippen molar-refractivity contribution in [3.8, 4) is 0 Å². The predicted octanol–water partition coefficient (Wildman–Crippen LogP) is 3.76. The van der Waals surface area contributed by atoms with Crippen molar-refractivity contribution < 1.29 is 22.7 Å². The Labute approximate surface area is 212 Å². The number of hydrogen-bond acceptors (Lipinski definition) is 8. The van der Waals surface area contributed by atoms with Crippen molar-refractivity contribution in [1.29, 1.82) is 0 Å². The lowest BCUT2D eigenvalue weighted by atomic mass is 9.80. The van der Waals surface area contributed by atoms with Gasteiger partial charge in [0.25, 0.3) is 0 Å². The number of amides is 1. The Morgan fingerprint density at radius 1 is 1.05 bits per heavy atom. The molecule has 1 spiro atoms. The lowest BCUT2D eigenvalue weighted by Crippen LogP contribution is -2.41. The van der Waals surface area contributed by atoms with Crippen LogP contribution >= 0.6 is 0 Å². The lowest BCUT2D eigenvalue weighted by Gasteiger charge is -2.26. The fraction of sp³-hybridized carbons (Fsp3) is 0.640. The third kappa shape index (κ3) is 4.14. The molecular formula is C25H30F3N7O2. The summed E-state index contributed by atoms with van der Waals surface area (Å²) >= 11 is 0. The molecule has 3 aliphatic heterocycles. The third-order valence-corrected chi connectivity index (χ3v) is 8.31. The Kier molecular flexibility index (Phi) is 6.06. The average Bonchev–Trinajstić information content (AvgIpc) is 3.60. The number of anilines is 3. The zero-order valence-corrected chi connectivity index (χ0v) is 20.5. The number of fused-ring (bicyclic) bond motifs is 2. The van der Waals surface area contributed by atoms with Gasteiger partial charge in [-0.25, -0.2) is 19.9 Å². The van der Waals surface area contributed by atoms with Gasteiger partial charge in [-0.3, -0.25) is 14.6 Å². The summed E-state index contributed by atoms with van der Waals surface area (Å²) in [4.78, 5) is 35.0. The standard InChI is InChI=1S/C25H30F3N7O2/c26-25(27,28)17-4-3-9-34(17)14-18-32-20(29)19-22(33-18)35(23(36)24(19)7-1-2-8-24)16-12-30-21(31-13-16)15-5-10-37-11-6-15/h12-13,15,17H,1-11,14H2,(H2,29,32,33)/t17-/m1/s1. The summed E-state index contributed by atoms with van der Waals surface area (Å²) in [6.07, 6.45) is 4.14. The van der Waals surface area contributed by atoms with Crippen LogP contribution in [0.15, 0.2) is 12.4 Å². The van der Waals surface area contributed by atoms with Crippen LogP contribution in [0.2, 0.25) is 0 Å². The number of carbonyl (C=O) groups is 1. The highest BCUT2D eigenvalue weighted by Crippen LogP contribution is 2.54. The number of alkyl halides is 3. The Hall–Kier alpha value is -2.86. The number of halogens is 3. The highest BCUT2D eigenvalue weighted by Gasteiger charge is 2.55. The maximum atomic E-state index is 13.9. The normalized spacial score (nSPS) is 24.4. The van der Waals surface area contributed by atoms with Crippen molar-refractivity contribution in [3.63, 3.8) is 0 Å². The minimum absolute atomic E-state index is 0.0501. The molecule has 0 aromatic carbocycles. The summed E-state index contributed by atoms with van der Waals surface area (Å²) in [6.45, 7) is 1.55. The first-order valence-corrected chi connectivity index (χ1v) is 13.0. The van der Waals surface area contributed by atoms with Crippen LogP contribution in [0.5, 0.6) is 0 Å². The monoisotopic (exact) mass is 517 g/mol. The largest absolute Gasteiger partial charge is 0.404 e. The molecule has 37 heavy (non-hydrogen) atoms. The molecule has 1 saturated carbocycles. The van der Waals surface area contributed by atoms with E-state index in [4.69, 9.17) is 10.5 Å². The fourth-order valence-electron chi connectivity index (χ4n) is 6.48. The Morgan fingerprint density at radius 2 is 1.76 bits per heavy atom. The molecule has 2 saturated heterocycles. The average molecular weight is 518 g/mol. The minimum Gasteiger partial charge on any atom is -0.383 e. The van der Waals surface area contributed by atoms with Gasteiger partial charge >= 0.3 is 6.18 Å².